The smallest absolute Gasteiger partial charge is 0.279 e. The average Bonchev–Trinajstić information content (AvgIpc) is 2.35. The molecule has 0 saturated carbocycles. The summed E-state index contributed by atoms with van der Waals surface area (Å²) in [6, 6.07) is 0. The first-order valence-corrected chi connectivity index (χ1v) is 7.92. The van der Waals surface area contributed by atoms with Crippen LogP contribution in [0.1, 0.15) is 19.8 Å². The van der Waals surface area contributed by atoms with Crippen molar-refractivity contribution in [3.8, 4) is 0 Å². The lowest BCUT2D eigenvalue weighted by Gasteiger charge is -2.26. The zero-order valence-electron chi connectivity index (χ0n) is 10.2. The summed E-state index contributed by atoms with van der Waals surface area (Å²) in [5.74, 6) is 1.06. The van der Waals surface area contributed by atoms with Crippen LogP contribution in [0.4, 0.5) is 0 Å². The van der Waals surface area contributed by atoms with E-state index in [1.165, 1.54) is 4.31 Å². The van der Waals surface area contributed by atoms with Crippen LogP contribution in [-0.4, -0.2) is 51.5 Å². The monoisotopic (exact) mass is 284 g/mol. The van der Waals surface area contributed by atoms with Crippen LogP contribution >= 0.6 is 11.6 Å². The second kappa shape index (κ2) is 7.53. The third-order valence-electron chi connectivity index (χ3n) is 2.73. The number of rotatable bonds is 7. The highest BCUT2D eigenvalue weighted by Crippen LogP contribution is 2.07. The van der Waals surface area contributed by atoms with E-state index >= 15 is 0 Å². The van der Waals surface area contributed by atoms with E-state index in [0.29, 0.717) is 44.6 Å². The van der Waals surface area contributed by atoms with Gasteiger partial charge in [-0.3, -0.25) is 0 Å². The van der Waals surface area contributed by atoms with Gasteiger partial charge in [-0.15, -0.1) is 11.6 Å². The van der Waals surface area contributed by atoms with E-state index in [1.807, 2.05) is 0 Å². The lowest BCUT2D eigenvalue weighted by molar-refractivity contribution is 0.0725. The Hall–Kier alpha value is 0.120. The second-order valence-electron chi connectivity index (χ2n) is 4.31. The molecule has 0 aliphatic carbocycles. The minimum Gasteiger partial charge on any atom is -0.379 e. The summed E-state index contributed by atoms with van der Waals surface area (Å²) in [6.45, 7) is 4.36. The van der Waals surface area contributed by atoms with Crippen LogP contribution in [0.15, 0.2) is 0 Å². The van der Waals surface area contributed by atoms with Crippen molar-refractivity contribution in [2.75, 3.05) is 38.7 Å². The highest BCUT2D eigenvalue weighted by Gasteiger charge is 2.23. The Morgan fingerprint density at radius 3 is 2.65 bits per heavy atom. The van der Waals surface area contributed by atoms with Crippen LogP contribution in [0, 0.1) is 5.92 Å². The van der Waals surface area contributed by atoms with Crippen molar-refractivity contribution in [1.29, 1.82) is 0 Å². The molecule has 1 atom stereocenters. The minimum atomic E-state index is -3.32. The first kappa shape index (κ1) is 15.2. The Morgan fingerprint density at radius 1 is 1.41 bits per heavy atom. The van der Waals surface area contributed by atoms with E-state index in [9.17, 15) is 8.42 Å². The highest BCUT2D eigenvalue weighted by atomic mass is 35.5. The van der Waals surface area contributed by atoms with Crippen LogP contribution in [0.2, 0.25) is 0 Å². The zero-order chi connectivity index (χ0) is 12.7. The number of nitrogens with one attached hydrogen (secondary N) is 1. The summed E-state index contributed by atoms with van der Waals surface area (Å²) in [7, 11) is -3.32. The number of halogens is 1. The Balaban J connectivity index is 2.24. The molecule has 0 bridgehead atoms. The van der Waals surface area contributed by atoms with Gasteiger partial charge in [0.1, 0.15) is 0 Å². The summed E-state index contributed by atoms with van der Waals surface area (Å²) < 4.78 is 32.8. The van der Waals surface area contributed by atoms with Crippen molar-refractivity contribution in [2.24, 2.45) is 5.92 Å². The van der Waals surface area contributed by atoms with Crippen molar-refractivity contribution in [3.63, 3.8) is 0 Å². The molecule has 1 aliphatic rings. The van der Waals surface area contributed by atoms with Gasteiger partial charge in [0.15, 0.2) is 0 Å². The van der Waals surface area contributed by atoms with Gasteiger partial charge in [0.2, 0.25) is 0 Å². The quantitative estimate of drug-likeness (QED) is 0.556. The van der Waals surface area contributed by atoms with Crippen molar-refractivity contribution in [3.05, 3.63) is 0 Å². The second-order valence-corrected chi connectivity index (χ2v) is 6.38. The van der Waals surface area contributed by atoms with E-state index in [2.05, 4.69) is 11.6 Å². The predicted octanol–water partition coefficient (Wildman–Crippen LogP) is 0.808. The number of alkyl halides is 1. The molecule has 5 nitrogen and oxygen atoms in total. The Bertz CT molecular complexity index is 305. The molecule has 1 saturated heterocycles. The largest absolute Gasteiger partial charge is 0.379 e. The molecule has 1 rings (SSSR count). The van der Waals surface area contributed by atoms with E-state index in [4.69, 9.17) is 16.3 Å². The number of hydrogen-bond donors (Lipinski definition) is 1. The third-order valence-corrected chi connectivity index (χ3v) is 4.87. The molecule has 1 aliphatic heterocycles. The maximum absolute atomic E-state index is 11.8. The van der Waals surface area contributed by atoms with Gasteiger partial charge in [0, 0.05) is 25.5 Å². The third kappa shape index (κ3) is 5.52. The van der Waals surface area contributed by atoms with Gasteiger partial charge < -0.3 is 4.74 Å². The number of morpholine rings is 1. The van der Waals surface area contributed by atoms with Crippen LogP contribution in [-0.2, 0) is 14.9 Å². The Morgan fingerprint density at radius 2 is 2.06 bits per heavy atom. The van der Waals surface area contributed by atoms with Crippen molar-refractivity contribution < 1.29 is 13.2 Å². The van der Waals surface area contributed by atoms with Gasteiger partial charge in [0.25, 0.3) is 10.2 Å². The SMILES string of the molecule is CC(CCl)CCCNS(=O)(=O)N1CCOCC1. The average molecular weight is 285 g/mol. The van der Waals surface area contributed by atoms with Crippen LogP contribution in [0.3, 0.4) is 0 Å². The maximum Gasteiger partial charge on any atom is 0.279 e. The molecule has 0 aromatic rings. The summed E-state index contributed by atoms with van der Waals surface area (Å²) in [5, 5.41) is 0. The summed E-state index contributed by atoms with van der Waals surface area (Å²) in [5.41, 5.74) is 0. The van der Waals surface area contributed by atoms with Crippen LogP contribution in [0.25, 0.3) is 0 Å². The molecule has 17 heavy (non-hydrogen) atoms. The molecule has 1 fully saturated rings. The topological polar surface area (TPSA) is 58.6 Å². The Labute approximate surface area is 109 Å². The lowest BCUT2D eigenvalue weighted by Crippen LogP contribution is -2.46. The van der Waals surface area contributed by atoms with E-state index in [-0.39, 0.29) is 0 Å². The van der Waals surface area contributed by atoms with Gasteiger partial charge in [-0.25, -0.2) is 4.72 Å². The molecule has 0 amide bonds. The van der Waals surface area contributed by atoms with Gasteiger partial charge in [-0.2, -0.15) is 12.7 Å². The predicted molar refractivity (Wildman–Crippen MR) is 68.4 cm³/mol. The maximum atomic E-state index is 11.8. The molecule has 0 spiro atoms. The molecule has 1 N–H and O–H groups in total. The molecule has 1 heterocycles. The molecule has 1 unspecified atom stereocenters. The van der Waals surface area contributed by atoms with E-state index in [0.717, 1.165) is 12.8 Å². The first-order chi connectivity index (χ1) is 8.06. The van der Waals surface area contributed by atoms with Gasteiger partial charge in [-0.05, 0) is 18.8 Å². The van der Waals surface area contributed by atoms with Crippen molar-refractivity contribution >= 4 is 21.8 Å². The van der Waals surface area contributed by atoms with Crippen LogP contribution in [0.5, 0.6) is 0 Å². The highest BCUT2D eigenvalue weighted by molar-refractivity contribution is 7.87. The first-order valence-electron chi connectivity index (χ1n) is 5.94. The standard InChI is InChI=1S/C10H21ClN2O3S/c1-10(9-11)3-2-4-12-17(14,15)13-5-7-16-8-6-13/h10,12H,2-9H2,1H3. The van der Waals surface area contributed by atoms with Crippen molar-refractivity contribution in [1.82, 2.24) is 9.03 Å². The summed E-state index contributed by atoms with van der Waals surface area (Å²) >= 11 is 5.68. The number of nitrogens with zero attached hydrogens (tertiary/aromatic N) is 1. The fraction of sp³-hybridized carbons (Fsp3) is 1.00. The van der Waals surface area contributed by atoms with Gasteiger partial charge in [-0.1, -0.05) is 6.92 Å². The fourth-order valence-electron chi connectivity index (χ4n) is 1.61. The van der Waals surface area contributed by atoms with Crippen LogP contribution < -0.4 is 4.72 Å². The minimum absolute atomic E-state index is 0.435. The summed E-state index contributed by atoms with van der Waals surface area (Å²) in [6.07, 6.45) is 1.76. The molecular weight excluding hydrogens is 264 g/mol. The van der Waals surface area contributed by atoms with E-state index in [1.54, 1.807) is 0 Å². The normalized spacial score (nSPS) is 20.4. The summed E-state index contributed by atoms with van der Waals surface area (Å²) in [4.78, 5) is 0. The molecular formula is C10H21ClN2O3S. The molecule has 0 aromatic carbocycles. The molecule has 102 valence electrons. The zero-order valence-corrected chi connectivity index (χ0v) is 11.8. The number of hydrogen-bond acceptors (Lipinski definition) is 3. The van der Waals surface area contributed by atoms with Gasteiger partial charge in [0.05, 0.1) is 13.2 Å². The molecule has 0 radical (unpaired) electrons. The number of ether oxygens (including phenoxy) is 1. The fourth-order valence-corrected chi connectivity index (χ4v) is 2.98. The lowest BCUT2D eigenvalue weighted by atomic mass is 10.1. The molecule has 7 heteroatoms. The van der Waals surface area contributed by atoms with Crippen molar-refractivity contribution in [2.45, 2.75) is 19.8 Å². The Kier molecular flexibility index (Phi) is 6.72. The molecule has 0 aromatic heterocycles. The van der Waals surface area contributed by atoms with E-state index < -0.39 is 10.2 Å². The van der Waals surface area contributed by atoms with Gasteiger partial charge >= 0.3 is 0 Å².